The molecule has 0 amide bonds. The molecule has 0 bridgehead atoms. The number of aromatic nitrogens is 1. The lowest BCUT2D eigenvalue weighted by Gasteiger charge is -2.14. The van der Waals surface area contributed by atoms with Crippen LogP contribution in [0.2, 0.25) is 0 Å². The minimum absolute atomic E-state index is 0.226. The predicted molar refractivity (Wildman–Crippen MR) is 70.7 cm³/mol. The fourth-order valence-corrected chi connectivity index (χ4v) is 1.97. The molecule has 2 rings (SSSR count). The molecule has 1 unspecified atom stereocenters. The molecule has 18 heavy (non-hydrogen) atoms. The third-order valence-electron chi connectivity index (χ3n) is 3.04. The van der Waals surface area contributed by atoms with Gasteiger partial charge in [0.25, 0.3) is 0 Å². The maximum atomic E-state index is 13.2. The normalized spacial score (nSPS) is 12.4. The van der Waals surface area contributed by atoms with Gasteiger partial charge in [-0.15, -0.1) is 0 Å². The van der Waals surface area contributed by atoms with Crippen LogP contribution in [0.15, 0.2) is 36.5 Å². The summed E-state index contributed by atoms with van der Waals surface area (Å²) in [5.74, 6) is -0.247. The maximum Gasteiger partial charge on any atom is 0.123 e. The minimum atomic E-state index is -0.247. The van der Waals surface area contributed by atoms with E-state index in [1.54, 1.807) is 6.07 Å². The van der Waals surface area contributed by atoms with E-state index >= 15 is 0 Å². The first-order valence-corrected chi connectivity index (χ1v) is 5.99. The van der Waals surface area contributed by atoms with Crippen LogP contribution in [0.25, 0.3) is 0 Å². The first-order chi connectivity index (χ1) is 8.56. The largest absolute Gasteiger partial charge is 0.324 e. The molecule has 1 atom stereocenters. The van der Waals surface area contributed by atoms with Crippen LogP contribution < -0.4 is 5.73 Å². The Hall–Kier alpha value is -1.74. The van der Waals surface area contributed by atoms with E-state index in [2.05, 4.69) is 4.98 Å². The average Bonchev–Trinajstić information content (AvgIpc) is 2.35. The van der Waals surface area contributed by atoms with Gasteiger partial charge in [-0.3, -0.25) is 4.98 Å². The molecule has 0 aliphatic heterocycles. The molecule has 1 aromatic carbocycles. The van der Waals surface area contributed by atoms with Gasteiger partial charge in [0, 0.05) is 24.4 Å². The van der Waals surface area contributed by atoms with Crippen LogP contribution >= 0.6 is 0 Å². The standard InChI is InChI=1S/C15H17FN2/c1-10-3-6-13(18-9-10)8-15(17)14-7-12(16)5-4-11(14)2/h3-7,9,15H,8,17H2,1-2H3. The molecular formula is C15H17FN2. The van der Waals surface area contributed by atoms with E-state index in [1.807, 2.05) is 32.2 Å². The molecule has 0 aliphatic rings. The summed E-state index contributed by atoms with van der Waals surface area (Å²) in [5, 5.41) is 0. The lowest BCUT2D eigenvalue weighted by Crippen LogP contribution is -2.15. The van der Waals surface area contributed by atoms with Gasteiger partial charge in [0.1, 0.15) is 5.82 Å². The summed E-state index contributed by atoms with van der Waals surface area (Å²) in [6.45, 7) is 3.94. The Bertz CT molecular complexity index is 535. The molecule has 2 aromatic rings. The lowest BCUT2D eigenvalue weighted by molar-refractivity contribution is 0.616. The van der Waals surface area contributed by atoms with Gasteiger partial charge in [0.15, 0.2) is 0 Å². The molecule has 1 aromatic heterocycles. The first-order valence-electron chi connectivity index (χ1n) is 5.99. The zero-order valence-corrected chi connectivity index (χ0v) is 10.7. The van der Waals surface area contributed by atoms with Crippen molar-refractivity contribution in [2.75, 3.05) is 0 Å². The van der Waals surface area contributed by atoms with Crippen molar-refractivity contribution in [2.24, 2.45) is 5.73 Å². The highest BCUT2D eigenvalue weighted by molar-refractivity contribution is 5.30. The summed E-state index contributed by atoms with van der Waals surface area (Å²) in [7, 11) is 0. The van der Waals surface area contributed by atoms with Gasteiger partial charge in [-0.05, 0) is 48.7 Å². The number of nitrogens with zero attached hydrogens (tertiary/aromatic N) is 1. The second-order valence-corrected chi connectivity index (χ2v) is 4.64. The second kappa shape index (κ2) is 5.27. The van der Waals surface area contributed by atoms with Gasteiger partial charge in [-0.25, -0.2) is 4.39 Å². The van der Waals surface area contributed by atoms with Crippen molar-refractivity contribution in [3.05, 3.63) is 64.7 Å². The fraction of sp³-hybridized carbons (Fsp3) is 0.267. The van der Waals surface area contributed by atoms with Gasteiger partial charge >= 0.3 is 0 Å². The van der Waals surface area contributed by atoms with Gasteiger partial charge < -0.3 is 5.73 Å². The summed E-state index contributed by atoms with van der Waals surface area (Å²) in [6, 6.07) is 8.46. The number of nitrogens with two attached hydrogens (primary N) is 1. The van der Waals surface area contributed by atoms with Crippen LogP contribution in [0.3, 0.4) is 0 Å². The molecule has 2 N–H and O–H groups in total. The Morgan fingerprint density at radius 2 is 2.00 bits per heavy atom. The number of halogens is 1. The molecule has 0 spiro atoms. The summed E-state index contributed by atoms with van der Waals surface area (Å²) in [5.41, 5.74) is 10.0. The van der Waals surface area contributed by atoms with E-state index in [-0.39, 0.29) is 11.9 Å². The second-order valence-electron chi connectivity index (χ2n) is 4.64. The Kier molecular flexibility index (Phi) is 3.72. The number of hydrogen-bond acceptors (Lipinski definition) is 2. The van der Waals surface area contributed by atoms with Crippen molar-refractivity contribution in [3.8, 4) is 0 Å². The summed E-state index contributed by atoms with van der Waals surface area (Å²) in [6.07, 6.45) is 2.44. The third-order valence-corrected chi connectivity index (χ3v) is 3.04. The van der Waals surface area contributed by atoms with E-state index in [0.29, 0.717) is 6.42 Å². The van der Waals surface area contributed by atoms with Crippen molar-refractivity contribution in [1.82, 2.24) is 4.98 Å². The van der Waals surface area contributed by atoms with Crippen LogP contribution in [0.5, 0.6) is 0 Å². The highest BCUT2D eigenvalue weighted by Crippen LogP contribution is 2.20. The summed E-state index contributed by atoms with van der Waals surface area (Å²) in [4.78, 5) is 4.32. The van der Waals surface area contributed by atoms with Crippen molar-refractivity contribution >= 4 is 0 Å². The minimum Gasteiger partial charge on any atom is -0.324 e. The van der Waals surface area contributed by atoms with E-state index < -0.39 is 0 Å². The average molecular weight is 244 g/mol. The number of hydrogen-bond donors (Lipinski definition) is 1. The van der Waals surface area contributed by atoms with Crippen LogP contribution in [0.1, 0.15) is 28.4 Å². The zero-order chi connectivity index (χ0) is 13.1. The van der Waals surface area contributed by atoms with Crippen molar-refractivity contribution in [3.63, 3.8) is 0 Å². The Morgan fingerprint density at radius 1 is 1.22 bits per heavy atom. The van der Waals surface area contributed by atoms with Crippen molar-refractivity contribution < 1.29 is 4.39 Å². The van der Waals surface area contributed by atoms with Gasteiger partial charge in [0.2, 0.25) is 0 Å². The zero-order valence-electron chi connectivity index (χ0n) is 10.7. The number of benzene rings is 1. The quantitative estimate of drug-likeness (QED) is 0.901. The molecular weight excluding hydrogens is 227 g/mol. The Balaban J connectivity index is 2.18. The van der Waals surface area contributed by atoms with Crippen LogP contribution in [-0.4, -0.2) is 4.98 Å². The van der Waals surface area contributed by atoms with Crippen LogP contribution in [0.4, 0.5) is 4.39 Å². The van der Waals surface area contributed by atoms with Crippen LogP contribution in [-0.2, 0) is 6.42 Å². The molecule has 0 saturated carbocycles. The number of aryl methyl sites for hydroxylation is 2. The summed E-state index contributed by atoms with van der Waals surface area (Å²) >= 11 is 0. The SMILES string of the molecule is Cc1ccc(CC(N)c2cc(F)ccc2C)nc1. The molecule has 2 nitrogen and oxygen atoms in total. The number of pyridine rings is 1. The van der Waals surface area contributed by atoms with Gasteiger partial charge in [-0.1, -0.05) is 12.1 Å². The molecule has 0 fully saturated rings. The van der Waals surface area contributed by atoms with Crippen LogP contribution in [0, 0.1) is 19.7 Å². The highest BCUT2D eigenvalue weighted by Gasteiger charge is 2.11. The molecule has 3 heteroatoms. The molecule has 0 saturated heterocycles. The Morgan fingerprint density at radius 3 is 2.67 bits per heavy atom. The molecule has 94 valence electrons. The smallest absolute Gasteiger partial charge is 0.123 e. The van der Waals surface area contributed by atoms with E-state index in [0.717, 1.165) is 22.4 Å². The van der Waals surface area contributed by atoms with Gasteiger partial charge in [-0.2, -0.15) is 0 Å². The predicted octanol–water partition coefficient (Wildman–Crippen LogP) is 3.08. The monoisotopic (exact) mass is 244 g/mol. The molecule has 0 aliphatic carbocycles. The molecule has 0 radical (unpaired) electrons. The maximum absolute atomic E-state index is 13.2. The van der Waals surface area contributed by atoms with Crippen molar-refractivity contribution in [2.45, 2.75) is 26.3 Å². The molecule has 1 heterocycles. The first kappa shape index (κ1) is 12.7. The third kappa shape index (κ3) is 2.93. The van der Waals surface area contributed by atoms with E-state index in [4.69, 9.17) is 5.73 Å². The lowest BCUT2D eigenvalue weighted by atomic mass is 9.98. The van der Waals surface area contributed by atoms with Gasteiger partial charge in [0.05, 0.1) is 0 Å². The Labute approximate surface area is 107 Å². The topological polar surface area (TPSA) is 38.9 Å². The van der Waals surface area contributed by atoms with E-state index in [9.17, 15) is 4.39 Å². The van der Waals surface area contributed by atoms with Crippen molar-refractivity contribution in [1.29, 1.82) is 0 Å². The fourth-order valence-electron chi connectivity index (χ4n) is 1.97. The van der Waals surface area contributed by atoms with E-state index in [1.165, 1.54) is 12.1 Å². The highest BCUT2D eigenvalue weighted by atomic mass is 19.1. The summed E-state index contributed by atoms with van der Waals surface area (Å²) < 4.78 is 13.2. The number of rotatable bonds is 3.